The summed E-state index contributed by atoms with van der Waals surface area (Å²) in [6.07, 6.45) is 1.81. The van der Waals surface area contributed by atoms with Crippen molar-refractivity contribution < 1.29 is 0 Å². The average Bonchev–Trinajstić information content (AvgIpc) is 2.84. The molecule has 2 nitrogen and oxygen atoms in total. The van der Waals surface area contributed by atoms with Crippen LogP contribution in [0.3, 0.4) is 0 Å². The zero-order valence-electron chi connectivity index (χ0n) is 7.72. The lowest BCUT2D eigenvalue weighted by Gasteiger charge is -1.91. The highest BCUT2D eigenvalue weighted by molar-refractivity contribution is 7.13. The zero-order chi connectivity index (χ0) is 10.3. The van der Waals surface area contributed by atoms with Crippen molar-refractivity contribution in [1.29, 1.82) is 0 Å². The van der Waals surface area contributed by atoms with Crippen LogP contribution in [0, 0.1) is 0 Å². The molecular weight excluding hydrogens is 228 g/mol. The van der Waals surface area contributed by atoms with Gasteiger partial charge in [0.1, 0.15) is 5.69 Å². The van der Waals surface area contributed by atoms with Gasteiger partial charge >= 0.3 is 0 Å². The second-order valence-electron chi connectivity index (χ2n) is 3.22. The summed E-state index contributed by atoms with van der Waals surface area (Å²) in [5.41, 5.74) is 2.05. The molecular formula is C11H7ClN2S. The fourth-order valence-electron chi connectivity index (χ4n) is 1.51. The Morgan fingerprint density at radius 2 is 2.20 bits per heavy atom. The van der Waals surface area contributed by atoms with Crippen molar-refractivity contribution in [3.63, 3.8) is 0 Å². The Kier molecular flexibility index (Phi) is 2.01. The van der Waals surface area contributed by atoms with Crippen LogP contribution in [0.2, 0.25) is 5.02 Å². The molecule has 0 aliphatic carbocycles. The van der Waals surface area contributed by atoms with Gasteiger partial charge in [0.25, 0.3) is 0 Å². The Bertz CT molecular complexity index is 598. The molecule has 0 bridgehead atoms. The molecule has 3 heterocycles. The van der Waals surface area contributed by atoms with E-state index in [1.807, 2.05) is 29.8 Å². The Labute approximate surface area is 95.7 Å². The van der Waals surface area contributed by atoms with E-state index in [-0.39, 0.29) is 0 Å². The normalized spacial score (nSPS) is 11.0. The van der Waals surface area contributed by atoms with E-state index in [9.17, 15) is 0 Å². The molecule has 0 amide bonds. The third kappa shape index (κ3) is 1.54. The minimum atomic E-state index is 0.698. The summed E-state index contributed by atoms with van der Waals surface area (Å²) < 4.78 is 1.80. The SMILES string of the molecule is Clc1ccc2cc(-c3cccs3)nn2c1. The van der Waals surface area contributed by atoms with Crippen LogP contribution < -0.4 is 0 Å². The molecule has 0 fully saturated rings. The average molecular weight is 235 g/mol. The molecule has 3 aromatic heterocycles. The zero-order valence-corrected chi connectivity index (χ0v) is 9.29. The predicted molar refractivity (Wildman–Crippen MR) is 63.5 cm³/mol. The number of halogens is 1. The van der Waals surface area contributed by atoms with E-state index in [2.05, 4.69) is 17.2 Å². The molecule has 0 spiro atoms. The first-order valence-electron chi connectivity index (χ1n) is 4.52. The number of hydrogen-bond donors (Lipinski definition) is 0. The van der Waals surface area contributed by atoms with Gasteiger partial charge < -0.3 is 0 Å². The molecule has 0 aliphatic rings. The number of hydrogen-bond acceptors (Lipinski definition) is 2. The number of rotatable bonds is 1. The lowest BCUT2D eigenvalue weighted by atomic mass is 10.3. The van der Waals surface area contributed by atoms with E-state index in [1.165, 1.54) is 4.88 Å². The Balaban J connectivity index is 2.22. The van der Waals surface area contributed by atoms with Crippen molar-refractivity contribution in [3.05, 3.63) is 46.9 Å². The van der Waals surface area contributed by atoms with Gasteiger partial charge in [0.2, 0.25) is 0 Å². The Hall–Kier alpha value is -1.32. The maximum absolute atomic E-state index is 5.89. The van der Waals surface area contributed by atoms with E-state index in [1.54, 1.807) is 15.9 Å². The lowest BCUT2D eigenvalue weighted by Crippen LogP contribution is -1.85. The largest absolute Gasteiger partial charge is 0.239 e. The first-order chi connectivity index (χ1) is 7.33. The summed E-state index contributed by atoms with van der Waals surface area (Å²) in [5.74, 6) is 0. The smallest absolute Gasteiger partial charge is 0.103 e. The van der Waals surface area contributed by atoms with Crippen molar-refractivity contribution in [2.24, 2.45) is 0 Å². The van der Waals surface area contributed by atoms with Gasteiger partial charge in [0.05, 0.1) is 15.4 Å². The van der Waals surface area contributed by atoms with E-state index in [0.717, 1.165) is 11.2 Å². The fraction of sp³-hybridized carbons (Fsp3) is 0. The molecule has 3 rings (SSSR count). The van der Waals surface area contributed by atoms with E-state index < -0.39 is 0 Å². The molecule has 74 valence electrons. The molecule has 4 heteroatoms. The van der Waals surface area contributed by atoms with Crippen LogP contribution in [-0.2, 0) is 0 Å². The summed E-state index contributed by atoms with van der Waals surface area (Å²) in [4.78, 5) is 1.18. The first-order valence-corrected chi connectivity index (χ1v) is 5.77. The molecule has 0 atom stereocenters. The van der Waals surface area contributed by atoms with Gasteiger partial charge in [-0.15, -0.1) is 11.3 Å². The van der Waals surface area contributed by atoms with Gasteiger partial charge in [-0.2, -0.15) is 5.10 Å². The maximum atomic E-state index is 5.89. The van der Waals surface area contributed by atoms with Gasteiger partial charge in [0, 0.05) is 6.20 Å². The van der Waals surface area contributed by atoms with Gasteiger partial charge in [0.15, 0.2) is 0 Å². The molecule has 0 saturated carbocycles. The third-order valence-corrected chi connectivity index (χ3v) is 3.31. The van der Waals surface area contributed by atoms with Crippen LogP contribution >= 0.6 is 22.9 Å². The number of pyridine rings is 1. The Morgan fingerprint density at radius 1 is 1.27 bits per heavy atom. The number of fused-ring (bicyclic) bond motifs is 1. The van der Waals surface area contributed by atoms with Crippen molar-refractivity contribution in [3.8, 4) is 10.6 Å². The topological polar surface area (TPSA) is 17.3 Å². The second-order valence-corrected chi connectivity index (χ2v) is 4.61. The van der Waals surface area contributed by atoms with Crippen molar-refractivity contribution >= 4 is 28.5 Å². The van der Waals surface area contributed by atoms with E-state index in [0.29, 0.717) is 5.02 Å². The van der Waals surface area contributed by atoms with Gasteiger partial charge in [-0.3, -0.25) is 0 Å². The highest BCUT2D eigenvalue weighted by Gasteiger charge is 2.04. The molecule has 3 aromatic rings. The molecule has 0 aliphatic heterocycles. The molecule has 0 unspecified atom stereocenters. The van der Waals surface area contributed by atoms with Crippen LogP contribution in [0.1, 0.15) is 0 Å². The molecule has 0 N–H and O–H groups in total. The first kappa shape index (κ1) is 8.95. The molecule has 15 heavy (non-hydrogen) atoms. The molecule has 0 saturated heterocycles. The molecule has 0 aromatic carbocycles. The fourth-order valence-corrected chi connectivity index (χ4v) is 2.34. The van der Waals surface area contributed by atoms with Crippen LogP contribution in [0.15, 0.2) is 41.9 Å². The van der Waals surface area contributed by atoms with Gasteiger partial charge in [-0.1, -0.05) is 17.7 Å². The molecule has 0 radical (unpaired) electrons. The standard InChI is InChI=1S/C11H7ClN2S/c12-8-3-4-9-6-10(13-14(9)7-8)11-2-1-5-15-11/h1-7H. The summed E-state index contributed by atoms with van der Waals surface area (Å²) in [6, 6.07) is 9.98. The lowest BCUT2D eigenvalue weighted by molar-refractivity contribution is 0.967. The van der Waals surface area contributed by atoms with Crippen molar-refractivity contribution in [2.45, 2.75) is 0 Å². The van der Waals surface area contributed by atoms with Gasteiger partial charge in [-0.25, -0.2) is 4.52 Å². The van der Waals surface area contributed by atoms with Crippen molar-refractivity contribution in [2.75, 3.05) is 0 Å². The monoisotopic (exact) mass is 234 g/mol. The summed E-state index contributed by atoms with van der Waals surface area (Å²) in [7, 11) is 0. The van der Waals surface area contributed by atoms with Crippen LogP contribution in [0.5, 0.6) is 0 Å². The van der Waals surface area contributed by atoms with Crippen LogP contribution in [-0.4, -0.2) is 9.61 Å². The number of nitrogens with zero attached hydrogens (tertiary/aromatic N) is 2. The summed E-state index contributed by atoms with van der Waals surface area (Å²) >= 11 is 7.58. The van der Waals surface area contributed by atoms with E-state index in [4.69, 9.17) is 11.6 Å². The van der Waals surface area contributed by atoms with Crippen LogP contribution in [0.25, 0.3) is 16.1 Å². The van der Waals surface area contributed by atoms with Crippen LogP contribution in [0.4, 0.5) is 0 Å². The van der Waals surface area contributed by atoms with Gasteiger partial charge in [-0.05, 0) is 29.6 Å². The third-order valence-electron chi connectivity index (χ3n) is 2.20. The number of aromatic nitrogens is 2. The van der Waals surface area contributed by atoms with E-state index >= 15 is 0 Å². The number of thiophene rings is 1. The Morgan fingerprint density at radius 3 is 3.00 bits per heavy atom. The maximum Gasteiger partial charge on any atom is 0.103 e. The quantitative estimate of drug-likeness (QED) is 0.627. The summed E-state index contributed by atoms with van der Waals surface area (Å²) in [6.45, 7) is 0. The highest BCUT2D eigenvalue weighted by Crippen LogP contribution is 2.24. The predicted octanol–water partition coefficient (Wildman–Crippen LogP) is 3.72. The minimum absolute atomic E-state index is 0.698. The summed E-state index contributed by atoms with van der Waals surface area (Å²) in [5, 5.41) is 7.20. The highest BCUT2D eigenvalue weighted by atomic mass is 35.5. The minimum Gasteiger partial charge on any atom is -0.239 e. The second kappa shape index (κ2) is 3.36. The van der Waals surface area contributed by atoms with Crippen molar-refractivity contribution in [1.82, 2.24) is 9.61 Å².